The molecule has 0 saturated heterocycles. The highest BCUT2D eigenvalue weighted by Gasteiger charge is 2.15. The normalized spacial score (nSPS) is 11.4. The molecule has 2 aromatic heterocycles. The number of nitrogens with zero attached hydrogens (tertiary/aromatic N) is 3. The Morgan fingerprint density at radius 2 is 1.53 bits per heavy atom. The minimum Gasteiger partial charge on any atom is -0.412 e. The van der Waals surface area contributed by atoms with Crippen LogP contribution in [0, 0.1) is 0 Å². The molecule has 0 aromatic carbocycles. The smallest absolute Gasteiger partial charge is 0.284 e. The monoisotopic (exact) mass is 411 g/mol. The number of rotatable bonds is 17. The van der Waals surface area contributed by atoms with Gasteiger partial charge >= 0.3 is 0 Å². The quantitative estimate of drug-likeness (QED) is 0.155. The average molecular weight is 412 g/mol. The van der Waals surface area contributed by atoms with Crippen LogP contribution >= 0.6 is 0 Å². The van der Waals surface area contributed by atoms with E-state index in [-0.39, 0.29) is 11.7 Å². The molecule has 0 aliphatic carbocycles. The van der Waals surface area contributed by atoms with Crippen LogP contribution in [-0.2, 0) is 0 Å². The lowest BCUT2D eigenvalue weighted by Crippen LogP contribution is -1.99. The van der Waals surface area contributed by atoms with Crippen molar-refractivity contribution in [3.05, 3.63) is 42.4 Å². The fourth-order valence-electron chi connectivity index (χ4n) is 3.39. The van der Waals surface area contributed by atoms with E-state index in [0.717, 1.165) is 12.8 Å². The summed E-state index contributed by atoms with van der Waals surface area (Å²) in [5.74, 6) is 0.303. The van der Waals surface area contributed by atoms with Crippen molar-refractivity contribution < 1.29 is 9.21 Å². The van der Waals surface area contributed by atoms with Crippen LogP contribution in [0.2, 0.25) is 0 Å². The fourth-order valence-corrected chi connectivity index (χ4v) is 3.39. The summed E-state index contributed by atoms with van der Waals surface area (Å²) >= 11 is 0. The number of carbonyl (C=O) groups is 1. The summed E-state index contributed by atoms with van der Waals surface area (Å²) in [6, 6.07) is 5.45. The van der Waals surface area contributed by atoms with Crippen molar-refractivity contribution in [2.24, 2.45) is 0 Å². The van der Waals surface area contributed by atoms with Gasteiger partial charge in [0, 0.05) is 12.6 Å². The molecule has 0 aliphatic heterocycles. The third-order valence-electron chi connectivity index (χ3n) is 5.21. The number of hydrogen-bond acceptors (Lipinski definition) is 5. The van der Waals surface area contributed by atoms with Crippen molar-refractivity contribution in [1.82, 2.24) is 15.2 Å². The molecular formula is C25H37N3O2. The molecule has 0 bridgehead atoms. The van der Waals surface area contributed by atoms with Crippen molar-refractivity contribution >= 4 is 5.78 Å². The minimum atomic E-state index is -0.0812. The van der Waals surface area contributed by atoms with Crippen LogP contribution in [0.1, 0.15) is 108 Å². The Morgan fingerprint density at radius 1 is 0.867 bits per heavy atom. The molecule has 0 N–H and O–H groups in total. The van der Waals surface area contributed by atoms with E-state index in [1.807, 2.05) is 12.1 Å². The van der Waals surface area contributed by atoms with Gasteiger partial charge in [-0.1, -0.05) is 76.5 Å². The molecule has 5 nitrogen and oxygen atoms in total. The average Bonchev–Trinajstić information content (AvgIpc) is 3.27. The molecule has 0 amide bonds. The molecule has 0 radical (unpaired) electrons. The van der Waals surface area contributed by atoms with E-state index in [1.165, 1.54) is 70.6 Å². The molecule has 0 spiro atoms. The molecule has 0 aliphatic rings. The van der Waals surface area contributed by atoms with Gasteiger partial charge in [0.25, 0.3) is 11.8 Å². The van der Waals surface area contributed by atoms with Crippen LogP contribution in [0.5, 0.6) is 0 Å². The van der Waals surface area contributed by atoms with Gasteiger partial charge in [0.1, 0.15) is 5.69 Å². The Morgan fingerprint density at radius 3 is 2.20 bits per heavy atom. The largest absolute Gasteiger partial charge is 0.412 e. The second-order valence-electron chi connectivity index (χ2n) is 7.88. The third-order valence-corrected chi connectivity index (χ3v) is 5.21. The highest BCUT2D eigenvalue weighted by molar-refractivity contribution is 5.91. The summed E-state index contributed by atoms with van der Waals surface area (Å²) in [7, 11) is 0. The van der Waals surface area contributed by atoms with Crippen molar-refractivity contribution in [3.63, 3.8) is 0 Å². The summed E-state index contributed by atoms with van der Waals surface area (Å²) in [4.78, 5) is 16.4. The highest BCUT2D eigenvalue weighted by Crippen LogP contribution is 2.16. The second-order valence-corrected chi connectivity index (χ2v) is 7.88. The van der Waals surface area contributed by atoms with Crippen LogP contribution in [0.4, 0.5) is 0 Å². The number of hydrogen-bond donors (Lipinski definition) is 0. The van der Waals surface area contributed by atoms with E-state index in [2.05, 4.69) is 34.3 Å². The lowest BCUT2D eigenvalue weighted by atomic mass is 10.1. The van der Waals surface area contributed by atoms with Gasteiger partial charge < -0.3 is 4.42 Å². The standard InChI is InChI=1S/C25H37N3O2/c1-2-3-4-5-6-7-8-9-10-11-12-13-14-15-16-20-23(29)25-28-27-24(30-25)22-19-17-18-21-26-22/h9-10,17-19,21H,2-8,11-16,20H2,1H3/b10-9+. The Kier molecular flexibility index (Phi) is 12.4. The Hall–Kier alpha value is -2.30. The topological polar surface area (TPSA) is 68.9 Å². The van der Waals surface area contributed by atoms with Gasteiger partial charge in [-0.3, -0.25) is 9.78 Å². The van der Waals surface area contributed by atoms with Gasteiger partial charge in [0.15, 0.2) is 0 Å². The van der Waals surface area contributed by atoms with Crippen molar-refractivity contribution in [1.29, 1.82) is 0 Å². The number of ketones is 1. The molecule has 0 unspecified atom stereocenters. The minimum absolute atomic E-state index is 0.0812. The van der Waals surface area contributed by atoms with Gasteiger partial charge in [0.05, 0.1) is 0 Å². The molecule has 0 atom stereocenters. The first-order valence-corrected chi connectivity index (χ1v) is 11.7. The Bertz CT molecular complexity index is 725. The molecule has 5 heteroatoms. The van der Waals surface area contributed by atoms with Crippen LogP contribution in [0.15, 0.2) is 41.0 Å². The molecule has 0 fully saturated rings. The van der Waals surface area contributed by atoms with Crippen molar-refractivity contribution in [2.75, 3.05) is 0 Å². The molecule has 2 heterocycles. The molecule has 30 heavy (non-hydrogen) atoms. The van der Waals surface area contributed by atoms with Gasteiger partial charge in [-0.15, -0.1) is 10.2 Å². The van der Waals surface area contributed by atoms with Crippen LogP contribution < -0.4 is 0 Å². The van der Waals surface area contributed by atoms with Crippen LogP contribution in [-0.4, -0.2) is 21.0 Å². The number of Topliss-reactive ketones (excluding diaryl/α,β-unsaturated/α-hetero) is 1. The van der Waals surface area contributed by atoms with Gasteiger partial charge in [-0.25, -0.2) is 0 Å². The van der Waals surface area contributed by atoms with Crippen LogP contribution in [0.3, 0.4) is 0 Å². The van der Waals surface area contributed by atoms with Crippen molar-refractivity contribution in [3.8, 4) is 11.6 Å². The summed E-state index contributed by atoms with van der Waals surface area (Å²) < 4.78 is 5.46. The van der Waals surface area contributed by atoms with Crippen LogP contribution in [0.25, 0.3) is 11.6 Å². The highest BCUT2D eigenvalue weighted by atomic mass is 16.4. The second kappa shape index (κ2) is 15.5. The van der Waals surface area contributed by atoms with E-state index in [1.54, 1.807) is 12.3 Å². The predicted octanol–water partition coefficient (Wildman–Crippen LogP) is 7.35. The van der Waals surface area contributed by atoms with Gasteiger partial charge in [-0.05, 0) is 44.2 Å². The van der Waals surface area contributed by atoms with E-state index in [9.17, 15) is 4.79 Å². The van der Waals surface area contributed by atoms with E-state index < -0.39 is 0 Å². The van der Waals surface area contributed by atoms with E-state index >= 15 is 0 Å². The first-order chi connectivity index (χ1) is 14.8. The number of carbonyl (C=O) groups excluding carboxylic acids is 1. The first-order valence-electron chi connectivity index (χ1n) is 11.7. The Labute approximate surface area is 181 Å². The maximum absolute atomic E-state index is 12.2. The summed E-state index contributed by atoms with van der Waals surface area (Å²) in [6.45, 7) is 2.26. The molecule has 2 aromatic rings. The number of allylic oxidation sites excluding steroid dienone is 2. The lowest BCUT2D eigenvalue weighted by molar-refractivity contribution is 0.0946. The summed E-state index contributed by atoms with van der Waals surface area (Å²) in [6.07, 6.45) is 23.0. The Balaban J connectivity index is 1.45. The molecular weight excluding hydrogens is 374 g/mol. The zero-order valence-electron chi connectivity index (χ0n) is 18.5. The lowest BCUT2D eigenvalue weighted by Gasteiger charge is -2.00. The molecule has 2 rings (SSSR count). The number of unbranched alkanes of at least 4 members (excludes halogenated alkanes) is 11. The van der Waals surface area contributed by atoms with E-state index in [0.29, 0.717) is 18.0 Å². The summed E-state index contributed by atoms with van der Waals surface area (Å²) in [5.41, 5.74) is 0.588. The third kappa shape index (κ3) is 9.95. The maximum Gasteiger partial charge on any atom is 0.284 e. The molecule has 164 valence electrons. The van der Waals surface area contributed by atoms with Gasteiger partial charge in [0.2, 0.25) is 5.78 Å². The van der Waals surface area contributed by atoms with E-state index in [4.69, 9.17) is 4.42 Å². The number of aromatic nitrogens is 3. The van der Waals surface area contributed by atoms with Gasteiger partial charge in [-0.2, -0.15) is 0 Å². The number of pyridine rings is 1. The SMILES string of the molecule is CCCCCCCC/C=C/CCCCCCCC(=O)c1nnc(-c2ccccn2)o1. The first kappa shape index (κ1) is 24.0. The summed E-state index contributed by atoms with van der Waals surface area (Å²) in [5, 5.41) is 7.79. The van der Waals surface area contributed by atoms with Crippen molar-refractivity contribution in [2.45, 2.75) is 96.8 Å². The zero-order valence-corrected chi connectivity index (χ0v) is 18.5. The predicted molar refractivity (Wildman–Crippen MR) is 121 cm³/mol. The molecule has 0 saturated carbocycles. The fraction of sp³-hybridized carbons (Fsp3) is 0.600. The maximum atomic E-state index is 12.2. The zero-order chi connectivity index (χ0) is 21.3.